The minimum Gasteiger partial charge on any atom is -0.468 e. The lowest BCUT2D eigenvalue weighted by atomic mass is 10.00. The van der Waals surface area contributed by atoms with E-state index in [1.54, 1.807) is 13.1 Å². The first-order chi connectivity index (χ1) is 7.51. The van der Waals surface area contributed by atoms with Crippen molar-refractivity contribution in [3.8, 4) is 0 Å². The number of nitrogens with zero attached hydrogens (tertiary/aromatic N) is 2. The van der Waals surface area contributed by atoms with Crippen molar-refractivity contribution in [1.29, 1.82) is 0 Å². The zero-order valence-corrected chi connectivity index (χ0v) is 10.1. The van der Waals surface area contributed by atoms with Crippen LogP contribution in [0.2, 0.25) is 0 Å². The van der Waals surface area contributed by atoms with E-state index in [0.717, 1.165) is 12.2 Å². The van der Waals surface area contributed by atoms with Gasteiger partial charge in [0.15, 0.2) is 0 Å². The second-order valence-electron chi connectivity index (χ2n) is 4.05. The van der Waals surface area contributed by atoms with Gasteiger partial charge in [-0.05, 0) is 13.3 Å². The highest BCUT2D eigenvalue weighted by Gasteiger charge is 2.29. The van der Waals surface area contributed by atoms with Crippen LogP contribution in [0, 0.1) is 0 Å². The molecule has 1 aromatic heterocycles. The number of carbonyl (C=O) groups is 1. The number of hydrogen-bond donors (Lipinski definition) is 1. The summed E-state index contributed by atoms with van der Waals surface area (Å²) in [6.07, 6.45) is 5.05. The van der Waals surface area contributed by atoms with Gasteiger partial charge in [0.2, 0.25) is 0 Å². The third-order valence-electron chi connectivity index (χ3n) is 2.64. The van der Waals surface area contributed by atoms with Gasteiger partial charge < -0.3 is 15.0 Å². The van der Waals surface area contributed by atoms with Gasteiger partial charge in [0.25, 0.3) is 0 Å². The maximum atomic E-state index is 11.4. The number of imidazole rings is 1. The quantitative estimate of drug-likeness (QED) is 0.750. The Morgan fingerprint density at radius 1 is 1.69 bits per heavy atom. The van der Waals surface area contributed by atoms with Crippen LogP contribution in [0.4, 0.5) is 0 Å². The van der Waals surface area contributed by atoms with E-state index in [2.05, 4.69) is 9.72 Å². The fourth-order valence-corrected chi connectivity index (χ4v) is 1.55. The number of nitrogens with two attached hydrogens (primary N) is 1. The van der Waals surface area contributed by atoms with Crippen LogP contribution in [0.5, 0.6) is 0 Å². The van der Waals surface area contributed by atoms with Gasteiger partial charge in [-0.15, -0.1) is 0 Å². The second-order valence-corrected chi connectivity index (χ2v) is 4.05. The number of methoxy groups -OCH3 is 1. The van der Waals surface area contributed by atoms with Gasteiger partial charge >= 0.3 is 5.97 Å². The highest BCUT2D eigenvalue weighted by Crippen LogP contribution is 2.11. The monoisotopic (exact) mass is 225 g/mol. The van der Waals surface area contributed by atoms with Crippen molar-refractivity contribution in [1.82, 2.24) is 9.55 Å². The number of aryl methyl sites for hydroxylation is 2. The molecule has 2 N–H and O–H groups in total. The normalized spacial score (nSPS) is 14.5. The Labute approximate surface area is 95.6 Å². The van der Waals surface area contributed by atoms with E-state index in [1.807, 2.05) is 17.7 Å². The molecule has 1 atom stereocenters. The summed E-state index contributed by atoms with van der Waals surface area (Å²) in [7, 11) is 1.35. The van der Waals surface area contributed by atoms with Gasteiger partial charge in [-0.3, -0.25) is 4.79 Å². The maximum Gasteiger partial charge on any atom is 0.325 e. The molecular formula is C11H19N3O2. The largest absolute Gasteiger partial charge is 0.468 e. The predicted molar refractivity (Wildman–Crippen MR) is 60.8 cm³/mol. The SMILES string of the molecule is CCc1nccn1CCC(C)(N)C(=O)OC. The molecule has 0 saturated carbocycles. The van der Waals surface area contributed by atoms with Crippen LogP contribution in [0.1, 0.15) is 26.1 Å². The summed E-state index contributed by atoms with van der Waals surface area (Å²) < 4.78 is 6.66. The van der Waals surface area contributed by atoms with Gasteiger partial charge in [-0.1, -0.05) is 6.92 Å². The molecule has 0 bridgehead atoms. The summed E-state index contributed by atoms with van der Waals surface area (Å²) in [5.41, 5.74) is 4.93. The van der Waals surface area contributed by atoms with Crippen molar-refractivity contribution in [2.75, 3.05) is 7.11 Å². The number of esters is 1. The van der Waals surface area contributed by atoms with Crippen LogP contribution < -0.4 is 5.73 Å². The van der Waals surface area contributed by atoms with E-state index in [1.165, 1.54) is 7.11 Å². The van der Waals surface area contributed by atoms with E-state index < -0.39 is 5.54 Å². The molecule has 0 aliphatic carbocycles. The minimum absolute atomic E-state index is 0.384. The Bertz CT molecular complexity index is 358. The molecule has 5 heteroatoms. The van der Waals surface area contributed by atoms with Crippen molar-refractivity contribution in [2.24, 2.45) is 5.73 Å². The first-order valence-corrected chi connectivity index (χ1v) is 5.38. The molecule has 1 aromatic rings. The molecule has 0 amide bonds. The molecule has 1 unspecified atom stereocenters. The topological polar surface area (TPSA) is 70.1 Å². The summed E-state index contributed by atoms with van der Waals surface area (Å²) >= 11 is 0. The first kappa shape index (κ1) is 12.7. The van der Waals surface area contributed by atoms with Crippen molar-refractivity contribution >= 4 is 5.97 Å². The fourth-order valence-electron chi connectivity index (χ4n) is 1.55. The first-order valence-electron chi connectivity index (χ1n) is 5.38. The smallest absolute Gasteiger partial charge is 0.325 e. The highest BCUT2D eigenvalue weighted by molar-refractivity contribution is 5.79. The van der Waals surface area contributed by atoms with Crippen LogP contribution in [0.15, 0.2) is 12.4 Å². The molecule has 0 spiro atoms. The van der Waals surface area contributed by atoms with Crippen molar-refractivity contribution in [3.63, 3.8) is 0 Å². The van der Waals surface area contributed by atoms with Gasteiger partial charge in [-0.25, -0.2) is 4.98 Å². The lowest BCUT2D eigenvalue weighted by molar-refractivity contribution is -0.146. The number of ether oxygens (including phenoxy) is 1. The molecule has 1 rings (SSSR count). The molecule has 0 aliphatic heterocycles. The van der Waals surface area contributed by atoms with Crippen molar-refractivity contribution < 1.29 is 9.53 Å². The van der Waals surface area contributed by atoms with E-state index in [9.17, 15) is 4.79 Å². The second kappa shape index (κ2) is 5.12. The van der Waals surface area contributed by atoms with Crippen molar-refractivity contribution in [2.45, 2.75) is 38.8 Å². The van der Waals surface area contributed by atoms with Gasteiger partial charge in [0, 0.05) is 25.4 Å². The average Bonchev–Trinajstić information content (AvgIpc) is 2.72. The minimum atomic E-state index is -0.940. The van der Waals surface area contributed by atoms with Gasteiger partial charge in [0.05, 0.1) is 7.11 Å². The molecule has 0 aliphatic rings. The lowest BCUT2D eigenvalue weighted by Crippen LogP contribution is -2.46. The molecule has 90 valence electrons. The molecule has 0 aromatic carbocycles. The number of aromatic nitrogens is 2. The predicted octanol–water partition coefficient (Wildman–Crippen LogP) is 0.726. The third-order valence-corrected chi connectivity index (χ3v) is 2.64. The molecule has 0 fully saturated rings. The average molecular weight is 225 g/mol. The molecular weight excluding hydrogens is 206 g/mol. The molecule has 5 nitrogen and oxygen atoms in total. The van der Waals surface area contributed by atoms with Crippen LogP contribution in [-0.4, -0.2) is 28.2 Å². The van der Waals surface area contributed by atoms with Gasteiger partial charge in [-0.2, -0.15) is 0 Å². The summed E-state index contributed by atoms with van der Waals surface area (Å²) in [6.45, 7) is 4.40. The highest BCUT2D eigenvalue weighted by atomic mass is 16.5. The van der Waals surface area contributed by atoms with Crippen LogP contribution in [0.3, 0.4) is 0 Å². The summed E-state index contributed by atoms with van der Waals surface area (Å²) in [4.78, 5) is 15.6. The maximum absolute atomic E-state index is 11.4. The Kier molecular flexibility index (Phi) is 4.06. The lowest BCUT2D eigenvalue weighted by Gasteiger charge is -2.21. The van der Waals surface area contributed by atoms with Crippen molar-refractivity contribution in [3.05, 3.63) is 18.2 Å². The van der Waals surface area contributed by atoms with Crippen LogP contribution in [-0.2, 0) is 22.5 Å². The molecule has 0 saturated heterocycles. The fraction of sp³-hybridized carbons (Fsp3) is 0.636. The standard InChI is InChI=1S/C11H19N3O2/c1-4-9-13-6-8-14(9)7-5-11(2,12)10(15)16-3/h6,8H,4-5,7,12H2,1-3H3. The number of rotatable bonds is 5. The molecule has 16 heavy (non-hydrogen) atoms. The van der Waals surface area contributed by atoms with Crippen LogP contribution in [0.25, 0.3) is 0 Å². The van der Waals surface area contributed by atoms with E-state index >= 15 is 0 Å². The van der Waals surface area contributed by atoms with Crippen LogP contribution >= 0.6 is 0 Å². The Balaban J connectivity index is 2.60. The Morgan fingerprint density at radius 3 is 2.94 bits per heavy atom. The molecule has 0 radical (unpaired) electrons. The number of hydrogen-bond acceptors (Lipinski definition) is 4. The number of carbonyl (C=O) groups excluding carboxylic acids is 1. The van der Waals surface area contributed by atoms with E-state index in [0.29, 0.717) is 13.0 Å². The Morgan fingerprint density at radius 2 is 2.38 bits per heavy atom. The van der Waals surface area contributed by atoms with E-state index in [4.69, 9.17) is 5.73 Å². The van der Waals surface area contributed by atoms with Gasteiger partial charge in [0.1, 0.15) is 11.4 Å². The Hall–Kier alpha value is -1.36. The summed E-state index contributed by atoms with van der Waals surface area (Å²) in [6, 6.07) is 0. The molecule has 1 heterocycles. The summed E-state index contributed by atoms with van der Waals surface area (Å²) in [5, 5.41) is 0. The third kappa shape index (κ3) is 2.82. The zero-order chi connectivity index (χ0) is 12.2. The zero-order valence-electron chi connectivity index (χ0n) is 10.1. The van der Waals surface area contributed by atoms with E-state index in [-0.39, 0.29) is 5.97 Å². The summed E-state index contributed by atoms with van der Waals surface area (Å²) in [5.74, 6) is 0.617.